The van der Waals surface area contributed by atoms with Crippen LogP contribution < -0.4 is 15.4 Å². The SMILES string of the molecule is CCNC(=NCc1ccc(OCC)c(C)c1)NCC(CCO)CC(C)C. The smallest absolute Gasteiger partial charge is 0.191 e. The number of guanidine groups is 1. The van der Waals surface area contributed by atoms with Crippen LogP contribution in [0.15, 0.2) is 23.2 Å². The van der Waals surface area contributed by atoms with Gasteiger partial charge in [-0.05, 0) is 62.6 Å². The summed E-state index contributed by atoms with van der Waals surface area (Å²) >= 11 is 0. The number of aliphatic imine (C=N–C) groups is 1. The van der Waals surface area contributed by atoms with Gasteiger partial charge in [0.1, 0.15) is 5.75 Å². The topological polar surface area (TPSA) is 65.9 Å². The molecule has 0 heterocycles. The lowest BCUT2D eigenvalue weighted by Gasteiger charge is -2.20. The first-order valence-electron chi connectivity index (χ1n) is 9.85. The lowest BCUT2D eigenvalue weighted by Crippen LogP contribution is -2.40. The third kappa shape index (κ3) is 8.56. The normalized spacial score (nSPS) is 13.0. The summed E-state index contributed by atoms with van der Waals surface area (Å²) in [6.45, 7) is 13.7. The molecule has 5 nitrogen and oxygen atoms in total. The van der Waals surface area contributed by atoms with Gasteiger partial charge in [0.2, 0.25) is 0 Å². The van der Waals surface area contributed by atoms with Gasteiger partial charge in [0.05, 0.1) is 13.2 Å². The third-order valence-electron chi connectivity index (χ3n) is 4.20. The van der Waals surface area contributed by atoms with E-state index in [1.165, 1.54) is 0 Å². The second-order valence-electron chi connectivity index (χ2n) is 7.12. The number of aliphatic hydroxyl groups excluding tert-OH is 1. The quantitative estimate of drug-likeness (QED) is 0.416. The molecule has 1 atom stereocenters. The minimum absolute atomic E-state index is 0.234. The maximum absolute atomic E-state index is 9.27. The van der Waals surface area contributed by atoms with Crippen molar-refractivity contribution in [1.29, 1.82) is 0 Å². The molecular formula is C21H37N3O2. The van der Waals surface area contributed by atoms with Gasteiger partial charge in [-0.1, -0.05) is 26.0 Å². The molecule has 0 fully saturated rings. The van der Waals surface area contributed by atoms with Crippen molar-refractivity contribution in [1.82, 2.24) is 10.6 Å². The maximum Gasteiger partial charge on any atom is 0.191 e. The molecule has 0 spiro atoms. The predicted octanol–water partition coefficient (Wildman–Crippen LogP) is 3.49. The average Bonchev–Trinajstić information content (AvgIpc) is 2.59. The molecule has 1 unspecified atom stereocenters. The molecule has 3 N–H and O–H groups in total. The summed E-state index contributed by atoms with van der Waals surface area (Å²) < 4.78 is 5.59. The Balaban J connectivity index is 2.68. The Bertz CT molecular complexity index is 544. The van der Waals surface area contributed by atoms with Gasteiger partial charge >= 0.3 is 0 Å². The maximum atomic E-state index is 9.27. The van der Waals surface area contributed by atoms with Crippen molar-refractivity contribution in [3.8, 4) is 5.75 Å². The highest BCUT2D eigenvalue weighted by molar-refractivity contribution is 5.79. The molecule has 148 valence electrons. The Kier molecular flexibility index (Phi) is 10.8. The largest absolute Gasteiger partial charge is 0.494 e. The zero-order chi connectivity index (χ0) is 19.4. The number of ether oxygens (including phenoxy) is 1. The van der Waals surface area contributed by atoms with Crippen LogP contribution in [0.3, 0.4) is 0 Å². The van der Waals surface area contributed by atoms with Gasteiger partial charge in [0, 0.05) is 19.7 Å². The van der Waals surface area contributed by atoms with Crippen LogP contribution in [0.25, 0.3) is 0 Å². The van der Waals surface area contributed by atoms with Crippen molar-refractivity contribution < 1.29 is 9.84 Å². The average molecular weight is 364 g/mol. The summed E-state index contributed by atoms with van der Waals surface area (Å²) in [6.07, 6.45) is 1.92. The first-order chi connectivity index (χ1) is 12.5. The number of hydrogen-bond donors (Lipinski definition) is 3. The highest BCUT2D eigenvalue weighted by Crippen LogP contribution is 2.19. The number of nitrogens with zero attached hydrogens (tertiary/aromatic N) is 1. The minimum atomic E-state index is 0.234. The van der Waals surface area contributed by atoms with Crippen molar-refractivity contribution in [2.75, 3.05) is 26.3 Å². The Hall–Kier alpha value is -1.75. The van der Waals surface area contributed by atoms with Crippen LogP contribution in [0.5, 0.6) is 5.75 Å². The fourth-order valence-electron chi connectivity index (χ4n) is 3.03. The van der Waals surface area contributed by atoms with Gasteiger partial charge in [-0.15, -0.1) is 0 Å². The molecule has 0 saturated heterocycles. The molecule has 0 aliphatic rings. The van der Waals surface area contributed by atoms with Gasteiger partial charge in [0.25, 0.3) is 0 Å². The van der Waals surface area contributed by atoms with Crippen LogP contribution in [0.1, 0.15) is 51.7 Å². The number of benzene rings is 1. The first kappa shape index (κ1) is 22.3. The number of aryl methyl sites for hydroxylation is 1. The summed E-state index contributed by atoms with van der Waals surface area (Å²) in [5, 5.41) is 16.0. The molecular weight excluding hydrogens is 326 g/mol. The van der Waals surface area contributed by atoms with Gasteiger partial charge in [-0.3, -0.25) is 0 Å². The van der Waals surface area contributed by atoms with Gasteiger partial charge in [-0.2, -0.15) is 0 Å². The van der Waals surface area contributed by atoms with E-state index in [0.717, 1.165) is 48.8 Å². The Morgan fingerprint density at radius 3 is 2.58 bits per heavy atom. The molecule has 26 heavy (non-hydrogen) atoms. The van der Waals surface area contributed by atoms with E-state index >= 15 is 0 Å². The molecule has 1 aromatic rings. The summed E-state index contributed by atoms with van der Waals surface area (Å²) in [4.78, 5) is 4.70. The number of rotatable bonds is 11. The Morgan fingerprint density at radius 1 is 1.23 bits per heavy atom. The molecule has 0 amide bonds. The Morgan fingerprint density at radius 2 is 2.00 bits per heavy atom. The van der Waals surface area contributed by atoms with Crippen LogP contribution in [0, 0.1) is 18.8 Å². The van der Waals surface area contributed by atoms with Crippen molar-refractivity contribution in [3.63, 3.8) is 0 Å². The van der Waals surface area contributed by atoms with Crippen LogP contribution in [0.4, 0.5) is 0 Å². The van der Waals surface area contributed by atoms with E-state index in [9.17, 15) is 5.11 Å². The standard InChI is InChI=1S/C21H37N3O2/c1-6-22-21(24-15-19(10-11-25)12-16(3)4)23-14-18-8-9-20(26-7-2)17(5)13-18/h8-9,13,16,19,25H,6-7,10-12,14-15H2,1-5H3,(H2,22,23,24). The predicted molar refractivity (Wildman–Crippen MR) is 110 cm³/mol. The zero-order valence-electron chi connectivity index (χ0n) is 17.1. The fourth-order valence-corrected chi connectivity index (χ4v) is 3.03. The zero-order valence-corrected chi connectivity index (χ0v) is 17.1. The van der Waals surface area contributed by atoms with Crippen molar-refractivity contribution >= 4 is 5.96 Å². The number of aliphatic hydroxyl groups is 1. The van der Waals surface area contributed by atoms with Crippen LogP contribution in [0.2, 0.25) is 0 Å². The van der Waals surface area contributed by atoms with E-state index in [-0.39, 0.29) is 6.61 Å². The fraction of sp³-hybridized carbons (Fsp3) is 0.667. The van der Waals surface area contributed by atoms with Crippen molar-refractivity contribution in [2.24, 2.45) is 16.8 Å². The molecule has 0 bridgehead atoms. The van der Waals surface area contributed by atoms with E-state index in [2.05, 4.69) is 50.5 Å². The van der Waals surface area contributed by atoms with E-state index in [4.69, 9.17) is 9.73 Å². The van der Waals surface area contributed by atoms with Gasteiger partial charge in [-0.25, -0.2) is 4.99 Å². The molecule has 5 heteroatoms. The molecule has 0 saturated carbocycles. The third-order valence-corrected chi connectivity index (χ3v) is 4.20. The van der Waals surface area contributed by atoms with Crippen LogP contribution in [-0.4, -0.2) is 37.4 Å². The summed E-state index contributed by atoms with van der Waals surface area (Å²) in [7, 11) is 0. The number of hydrogen-bond acceptors (Lipinski definition) is 3. The van der Waals surface area contributed by atoms with E-state index in [0.29, 0.717) is 25.0 Å². The molecule has 0 aliphatic carbocycles. The first-order valence-corrected chi connectivity index (χ1v) is 9.85. The summed E-state index contributed by atoms with van der Waals surface area (Å²) in [5.74, 6) is 2.84. The van der Waals surface area contributed by atoms with Gasteiger partial charge < -0.3 is 20.5 Å². The summed E-state index contributed by atoms with van der Waals surface area (Å²) in [6, 6.07) is 6.22. The van der Waals surface area contributed by atoms with Crippen molar-refractivity contribution in [3.05, 3.63) is 29.3 Å². The molecule has 0 aliphatic heterocycles. The monoisotopic (exact) mass is 363 g/mol. The highest BCUT2D eigenvalue weighted by atomic mass is 16.5. The molecule has 0 radical (unpaired) electrons. The van der Waals surface area contributed by atoms with E-state index in [1.807, 2.05) is 13.0 Å². The van der Waals surface area contributed by atoms with Crippen molar-refractivity contribution in [2.45, 2.75) is 54.0 Å². The second-order valence-corrected chi connectivity index (χ2v) is 7.12. The molecule has 0 aromatic heterocycles. The molecule has 1 aromatic carbocycles. The lowest BCUT2D eigenvalue weighted by atomic mass is 9.94. The van der Waals surface area contributed by atoms with Crippen LogP contribution >= 0.6 is 0 Å². The summed E-state index contributed by atoms with van der Waals surface area (Å²) in [5.41, 5.74) is 2.30. The Labute approximate surface area is 159 Å². The van der Waals surface area contributed by atoms with E-state index in [1.54, 1.807) is 0 Å². The van der Waals surface area contributed by atoms with Crippen LogP contribution in [-0.2, 0) is 6.54 Å². The number of nitrogens with one attached hydrogen (secondary N) is 2. The second kappa shape index (κ2) is 12.6. The lowest BCUT2D eigenvalue weighted by molar-refractivity contribution is 0.243. The van der Waals surface area contributed by atoms with Gasteiger partial charge in [0.15, 0.2) is 5.96 Å². The molecule has 1 rings (SSSR count). The highest BCUT2D eigenvalue weighted by Gasteiger charge is 2.11. The van der Waals surface area contributed by atoms with E-state index < -0.39 is 0 Å². The minimum Gasteiger partial charge on any atom is -0.494 e.